The molecule has 5 N–H and O–H groups in total. The van der Waals surface area contributed by atoms with Gasteiger partial charge >= 0.3 is 6.03 Å². The first-order chi connectivity index (χ1) is 16.8. The quantitative estimate of drug-likeness (QED) is 0.391. The van der Waals surface area contributed by atoms with Crippen LogP contribution < -0.4 is 26.4 Å². The zero-order valence-corrected chi connectivity index (χ0v) is 20.5. The number of amides is 3. The Bertz CT molecular complexity index is 1090. The topological polar surface area (TPSA) is 122 Å². The second kappa shape index (κ2) is 11.5. The number of nitrogens with one attached hydrogen (secondary N) is 3. The molecule has 3 heterocycles. The number of urea groups is 1. The third kappa shape index (κ3) is 6.37. The molecule has 2 aromatic rings. The number of hydrogen-bond donors (Lipinski definition) is 4. The van der Waals surface area contributed by atoms with Crippen molar-refractivity contribution >= 4 is 40.1 Å². The van der Waals surface area contributed by atoms with Crippen molar-refractivity contribution in [2.75, 3.05) is 38.0 Å². The fourth-order valence-electron chi connectivity index (χ4n) is 4.45. The average molecular weight is 529 g/mol. The Hall–Kier alpha value is -2.54. The maximum atomic E-state index is 14.0. The standard InChI is InChI=1S/C22H27ClF2N6O3S/c23-15-8-16(24)13(7-17(15)25)11-34-20-18(19(26)32)21(35-30-20)29-22(33)28-4-3-12-1-2-14-9-27-5-6-31(14)10-12/h7-8,12,14,27H,1-6,9-11H2,(H2,26,32)(H2,28,29,33). The van der Waals surface area contributed by atoms with E-state index in [1.807, 2.05) is 0 Å². The van der Waals surface area contributed by atoms with Crippen LogP contribution in [0, 0.1) is 17.6 Å². The highest BCUT2D eigenvalue weighted by molar-refractivity contribution is 7.11. The van der Waals surface area contributed by atoms with Gasteiger partial charge < -0.3 is 21.1 Å². The van der Waals surface area contributed by atoms with Gasteiger partial charge in [-0.15, -0.1) is 0 Å². The number of hydrogen-bond acceptors (Lipinski definition) is 7. The van der Waals surface area contributed by atoms with Gasteiger partial charge in [-0.2, -0.15) is 4.37 Å². The normalized spacial score (nSPS) is 20.2. The summed E-state index contributed by atoms with van der Waals surface area (Å²) in [6.45, 7) is 4.23. The van der Waals surface area contributed by atoms with Gasteiger partial charge in [-0.25, -0.2) is 13.6 Å². The number of aromatic nitrogens is 1. The molecule has 1 aromatic heterocycles. The lowest BCUT2D eigenvalue weighted by Gasteiger charge is -2.42. The van der Waals surface area contributed by atoms with Gasteiger partial charge in [0.1, 0.15) is 28.8 Å². The monoisotopic (exact) mass is 528 g/mol. The molecule has 2 saturated heterocycles. The highest BCUT2D eigenvalue weighted by Crippen LogP contribution is 2.31. The highest BCUT2D eigenvalue weighted by atomic mass is 35.5. The van der Waals surface area contributed by atoms with Crippen LogP contribution in [0.25, 0.3) is 0 Å². The van der Waals surface area contributed by atoms with Crippen LogP contribution in [0.4, 0.5) is 18.6 Å². The molecule has 9 nitrogen and oxygen atoms in total. The van der Waals surface area contributed by atoms with Crippen LogP contribution in [0.15, 0.2) is 12.1 Å². The van der Waals surface area contributed by atoms with E-state index in [0.29, 0.717) is 18.5 Å². The molecule has 2 atom stereocenters. The number of carbonyl (C=O) groups is 2. The van der Waals surface area contributed by atoms with Crippen LogP contribution >= 0.6 is 23.1 Å². The van der Waals surface area contributed by atoms with Crippen LogP contribution in [-0.2, 0) is 6.61 Å². The molecule has 0 saturated carbocycles. The van der Waals surface area contributed by atoms with Crippen molar-refractivity contribution < 1.29 is 23.1 Å². The Morgan fingerprint density at radius 1 is 1.31 bits per heavy atom. The lowest BCUT2D eigenvalue weighted by Crippen LogP contribution is -2.55. The molecule has 35 heavy (non-hydrogen) atoms. The lowest BCUT2D eigenvalue weighted by molar-refractivity contribution is 0.0826. The second-order valence-electron chi connectivity index (χ2n) is 8.67. The third-order valence-electron chi connectivity index (χ3n) is 6.30. The molecule has 0 bridgehead atoms. The number of piperazine rings is 1. The highest BCUT2D eigenvalue weighted by Gasteiger charge is 2.29. The number of anilines is 1. The zero-order chi connectivity index (χ0) is 24.9. The van der Waals surface area contributed by atoms with Crippen LogP contribution in [-0.4, -0.2) is 60.0 Å². The molecule has 0 radical (unpaired) electrons. The smallest absolute Gasteiger partial charge is 0.319 e. The van der Waals surface area contributed by atoms with Gasteiger partial charge in [0.2, 0.25) is 5.88 Å². The molecule has 1 aromatic carbocycles. The number of nitrogens with zero attached hydrogens (tertiary/aromatic N) is 2. The van der Waals surface area contributed by atoms with Crippen molar-refractivity contribution in [1.82, 2.24) is 19.9 Å². The molecule has 2 fully saturated rings. The Kier molecular flexibility index (Phi) is 8.37. The minimum absolute atomic E-state index is 0.106. The van der Waals surface area contributed by atoms with E-state index in [9.17, 15) is 18.4 Å². The molecule has 0 aliphatic carbocycles. The number of piperidine rings is 1. The van der Waals surface area contributed by atoms with Crippen molar-refractivity contribution in [3.8, 4) is 5.88 Å². The summed E-state index contributed by atoms with van der Waals surface area (Å²) in [5.74, 6) is -2.11. The van der Waals surface area contributed by atoms with Gasteiger partial charge in [0, 0.05) is 44.3 Å². The summed E-state index contributed by atoms with van der Waals surface area (Å²) in [4.78, 5) is 26.9. The van der Waals surface area contributed by atoms with Crippen LogP contribution in [0.2, 0.25) is 5.02 Å². The molecule has 2 aliphatic rings. The van der Waals surface area contributed by atoms with Gasteiger partial charge in [0.25, 0.3) is 5.91 Å². The van der Waals surface area contributed by atoms with E-state index >= 15 is 0 Å². The van der Waals surface area contributed by atoms with Gasteiger partial charge in [-0.1, -0.05) is 11.6 Å². The molecule has 13 heteroatoms. The maximum absolute atomic E-state index is 14.0. The summed E-state index contributed by atoms with van der Waals surface area (Å²) < 4.78 is 37.0. The first-order valence-electron chi connectivity index (χ1n) is 11.4. The Morgan fingerprint density at radius 3 is 2.94 bits per heavy atom. The first-order valence-corrected chi connectivity index (χ1v) is 12.5. The molecule has 2 aliphatic heterocycles. The van der Waals surface area contributed by atoms with Crippen molar-refractivity contribution in [3.05, 3.63) is 39.9 Å². The van der Waals surface area contributed by atoms with Crippen molar-refractivity contribution in [3.63, 3.8) is 0 Å². The minimum Gasteiger partial charge on any atom is -0.471 e. The van der Waals surface area contributed by atoms with Crippen LogP contribution in [0.3, 0.4) is 0 Å². The lowest BCUT2D eigenvalue weighted by atomic mass is 9.89. The Balaban J connectivity index is 1.29. The third-order valence-corrected chi connectivity index (χ3v) is 7.33. The Labute approximate surface area is 210 Å². The number of fused-ring (bicyclic) bond motifs is 1. The summed E-state index contributed by atoms with van der Waals surface area (Å²) >= 11 is 6.35. The fraction of sp³-hybridized carbons (Fsp3) is 0.500. The summed E-state index contributed by atoms with van der Waals surface area (Å²) in [5, 5.41) is 8.56. The predicted molar refractivity (Wildman–Crippen MR) is 129 cm³/mol. The van der Waals surface area contributed by atoms with Crippen LogP contribution in [0.5, 0.6) is 5.88 Å². The van der Waals surface area contributed by atoms with Gasteiger partial charge in [-0.3, -0.25) is 15.0 Å². The van der Waals surface area contributed by atoms with E-state index in [4.69, 9.17) is 22.1 Å². The summed E-state index contributed by atoms with van der Waals surface area (Å²) in [5.41, 5.74) is 5.19. The molecular formula is C22H27ClF2N6O3S. The number of nitrogens with two attached hydrogens (primary N) is 1. The van der Waals surface area contributed by atoms with Gasteiger partial charge in [0.15, 0.2) is 0 Å². The summed E-state index contributed by atoms with van der Waals surface area (Å²) in [7, 11) is 0. The molecule has 2 unspecified atom stereocenters. The fourth-order valence-corrected chi connectivity index (χ4v) is 5.33. The van der Waals surface area contributed by atoms with E-state index in [1.54, 1.807) is 0 Å². The Morgan fingerprint density at radius 2 is 2.14 bits per heavy atom. The van der Waals surface area contributed by atoms with E-state index < -0.39 is 30.2 Å². The van der Waals surface area contributed by atoms with Crippen molar-refractivity contribution in [2.45, 2.75) is 31.9 Å². The number of carbonyl (C=O) groups excluding carboxylic acids is 2. The molecule has 3 amide bonds. The SMILES string of the molecule is NC(=O)c1c(OCc2cc(F)c(Cl)cc2F)nsc1NC(=O)NCCC1CCC2CNCCN2C1. The second-order valence-corrected chi connectivity index (χ2v) is 9.85. The average Bonchev–Trinajstić information content (AvgIpc) is 3.23. The van der Waals surface area contributed by atoms with Crippen molar-refractivity contribution in [2.24, 2.45) is 11.7 Å². The maximum Gasteiger partial charge on any atom is 0.319 e. The van der Waals surface area contributed by atoms with E-state index in [2.05, 4.69) is 25.2 Å². The first kappa shape index (κ1) is 25.5. The van der Waals surface area contributed by atoms with Crippen LogP contribution in [0.1, 0.15) is 35.2 Å². The van der Waals surface area contributed by atoms with E-state index in [-0.39, 0.29) is 27.0 Å². The van der Waals surface area contributed by atoms with Crippen molar-refractivity contribution in [1.29, 1.82) is 0 Å². The number of rotatable bonds is 8. The van der Waals surface area contributed by atoms with E-state index in [1.165, 1.54) is 0 Å². The minimum atomic E-state index is -0.875. The number of benzene rings is 1. The van der Waals surface area contributed by atoms with E-state index in [0.717, 1.165) is 69.1 Å². The molecule has 0 spiro atoms. The van der Waals surface area contributed by atoms with Gasteiger partial charge in [-0.05, 0) is 48.8 Å². The largest absolute Gasteiger partial charge is 0.471 e. The molecule has 190 valence electrons. The number of ether oxygens (including phenoxy) is 1. The summed E-state index contributed by atoms with van der Waals surface area (Å²) in [6.07, 6.45) is 3.14. The molecular weight excluding hydrogens is 502 g/mol. The number of halogens is 3. The number of primary amides is 1. The van der Waals surface area contributed by atoms with Gasteiger partial charge in [0.05, 0.1) is 5.02 Å². The molecule has 4 rings (SSSR count). The predicted octanol–water partition coefficient (Wildman–Crippen LogP) is 2.95. The summed E-state index contributed by atoms with van der Waals surface area (Å²) in [6, 6.07) is 1.85. The zero-order valence-electron chi connectivity index (χ0n) is 18.9.